The van der Waals surface area contributed by atoms with Crippen LogP contribution in [0.4, 0.5) is 5.82 Å². The van der Waals surface area contributed by atoms with Crippen LogP contribution in [0.15, 0.2) is 18.3 Å². The fraction of sp³-hybridized carbons (Fsp3) is 0.682. The van der Waals surface area contributed by atoms with Crippen molar-refractivity contribution < 1.29 is 9.59 Å². The highest BCUT2D eigenvalue weighted by Gasteiger charge is 2.54. The van der Waals surface area contributed by atoms with Crippen molar-refractivity contribution in [1.82, 2.24) is 15.8 Å². The van der Waals surface area contributed by atoms with E-state index in [1.165, 1.54) is 25.7 Å². The number of nitrogens with zero attached hydrogens (tertiary/aromatic N) is 2. The smallest absolute Gasteiger partial charge is 0.273 e. The molecule has 1 saturated heterocycles. The third-order valence-corrected chi connectivity index (χ3v) is 7.50. The maximum Gasteiger partial charge on any atom is 0.273 e. The van der Waals surface area contributed by atoms with Gasteiger partial charge in [0.05, 0.1) is 11.0 Å². The predicted octanol–water partition coefficient (Wildman–Crippen LogP) is 3.05. The van der Waals surface area contributed by atoms with Gasteiger partial charge in [-0.15, -0.1) is 0 Å². The van der Waals surface area contributed by atoms with Crippen molar-refractivity contribution in [2.45, 2.75) is 57.8 Å². The molecule has 1 aromatic rings. The summed E-state index contributed by atoms with van der Waals surface area (Å²) in [5.41, 5.74) is 5.76. The second-order valence-corrected chi connectivity index (χ2v) is 9.53. The lowest BCUT2D eigenvalue weighted by atomic mass is 9.49. The molecule has 6 nitrogen and oxygen atoms in total. The Kier molecular flexibility index (Phi) is 4.52. The zero-order valence-corrected chi connectivity index (χ0v) is 16.5. The van der Waals surface area contributed by atoms with Crippen molar-refractivity contribution in [3.8, 4) is 0 Å². The van der Waals surface area contributed by atoms with Crippen LogP contribution in [-0.2, 0) is 4.79 Å². The number of anilines is 1. The lowest BCUT2D eigenvalue weighted by Gasteiger charge is -2.55. The van der Waals surface area contributed by atoms with E-state index >= 15 is 0 Å². The summed E-state index contributed by atoms with van der Waals surface area (Å²) in [5, 5.41) is 0. The van der Waals surface area contributed by atoms with Crippen molar-refractivity contribution in [2.75, 3.05) is 18.0 Å². The van der Waals surface area contributed by atoms with Gasteiger partial charge in [0.1, 0.15) is 5.82 Å². The van der Waals surface area contributed by atoms with Crippen molar-refractivity contribution in [2.24, 2.45) is 23.2 Å². The minimum absolute atomic E-state index is 0.0170. The summed E-state index contributed by atoms with van der Waals surface area (Å²) in [7, 11) is 0. The van der Waals surface area contributed by atoms with E-state index in [1.807, 2.05) is 0 Å². The molecule has 0 spiro atoms. The first kappa shape index (κ1) is 18.0. The number of hydrazine groups is 1. The quantitative estimate of drug-likeness (QED) is 0.788. The number of piperidine rings is 1. The third-order valence-electron chi connectivity index (χ3n) is 7.50. The average molecular weight is 383 g/mol. The molecule has 0 aromatic carbocycles. The second kappa shape index (κ2) is 7.05. The molecule has 1 aliphatic heterocycles. The Hall–Kier alpha value is -2.11. The fourth-order valence-electron chi connectivity index (χ4n) is 6.63. The molecule has 5 aliphatic rings. The molecule has 4 saturated carbocycles. The Labute approximate surface area is 166 Å². The Morgan fingerprint density at radius 3 is 2.25 bits per heavy atom. The fourth-order valence-corrected chi connectivity index (χ4v) is 6.63. The standard InChI is InChI=1S/C22H30N4O2/c27-20(18-5-4-6-23-19(18)26-7-2-1-3-8-26)24-25-21(28)22-12-15-9-16(13-22)11-17(10-15)14-22/h4-6,15-17H,1-3,7-14H2,(H,24,27)(H,25,28). The molecule has 0 unspecified atom stereocenters. The minimum Gasteiger partial charge on any atom is -0.356 e. The molecule has 2 amide bonds. The predicted molar refractivity (Wildman–Crippen MR) is 107 cm³/mol. The van der Waals surface area contributed by atoms with E-state index < -0.39 is 0 Å². The van der Waals surface area contributed by atoms with Gasteiger partial charge >= 0.3 is 0 Å². The molecule has 5 fully saturated rings. The lowest BCUT2D eigenvalue weighted by Crippen LogP contribution is -2.56. The van der Waals surface area contributed by atoms with Crippen LogP contribution in [0, 0.1) is 23.2 Å². The number of aromatic nitrogens is 1. The lowest BCUT2D eigenvalue weighted by molar-refractivity contribution is -0.147. The zero-order chi connectivity index (χ0) is 19.1. The molecule has 28 heavy (non-hydrogen) atoms. The van der Waals surface area contributed by atoms with E-state index in [9.17, 15) is 9.59 Å². The van der Waals surface area contributed by atoms with E-state index in [-0.39, 0.29) is 17.2 Å². The van der Waals surface area contributed by atoms with Crippen LogP contribution in [0.5, 0.6) is 0 Å². The van der Waals surface area contributed by atoms with Crippen molar-refractivity contribution in [1.29, 1.82) is 0 Å². The van der Waals surface area contributed by atoms with Crippen molar-refractivity contribution >= 4 is 17.6 Å². The summed E-state index contributed by atoms with van der Waals surface area (Å²) in [6, 6.07) is 3.58. The Balaban J connectivity index is 1.26. The molecule has 0 atom stereocenters. The van der Waals surface area contributed by atoms with Gasteiger partial charge in [0.2, 0.25) is 5.91 Å². The van der Waals surface area contributed by atoms with Gasteiger partial charge in [0, 0.05) is 19.3 Å². The first-order valence-electron chi connectivity index (χ1n) is 10.9. The normalized spacial score (nSPS) is 33.6. The first-order chi connectivity index (χ1) is 13.6. The Morgan fingerprint density at radius 2 is 1.61 bits per heavy atom. The largest absolute Gasteiger partial charge is 0.356 e. The molecule has 150 valence electrons. The highest BCUT2D eigenvalue weighted by atomic mass is 16.2. The first-order valence-corrected chi connectivity index (χ1v) is 10.9. The van der Waals surface area contributed by atoms with Gasteiger partial charge in [-0.25, -0.2) is 4.98 Å². The SMILES string of the molecule is O=C(NNC(=O)C12CC3CC(CC(C3)C1)C2)c1cccnc1N1CCCCC1. The summed E-state index contributed by atoms with van der Waals surface area (Å²) in [6.07, 6.45) is 12.1. The monoisotopic (exact) mass is 382 g/mol. The third kappa shape index (κ3) is 3.16. The summed E-state index contributed by atoms with van der Waals surface area (Å²) < 4.78 is 0. The summed E-state index contributed by atoms with van der Waals surface area (Å²) in [4.78, 5) is 32.6. The van der Waals surface area contributed by atoms with Crippen LogP contribution >= 0.6 is 0 Å². The van der Waals surface area contributed by atoms with E-state index in [0.29, 0.717) is 23.3 Å². The molecule has 6 heteroatoms. The molecule has 6 rings (SSSR count). The average Bonchev–Trinajstić information content (AvgIpc) is 2.71. The van der Waals surface area contributed by atoms with Crippen LogP contribution in [0.2, 0.25) is 0 Å². The van der Waals surface area contributed by atoms with Gasteiger partial charge in [-0.2, -0.15) is 0 Å². The van der Waals surface area contributed by atoms with Gasteiger partial charge in [0.15, 0.2) is 0 Å². The summed E-state index contributed by atoms with van der Waals surface area (Å²) >= 11 is 0. The number of pyridine rings is 1. The molecule has 0 radical (unpaired) electrons. The molecule has 1 aromatic heterocycles. The number of hydrogen-bond donors (Lipinski definition) is 2. The number of hydrogen-bond acceptors (Lipinski definition) is 4. The molecule has 4 bridgehead atoms. The Morgan fingerprint density at radius 1 is 0.964 bits per heavy atom. The molecule has 4 aliphatic carbocycles. The van der Waals surface area contributed by atoms with Crippen LogP contribution in [-0.4, -0.2) is 29.9 Å². The molecule has 2 heterocycles. The van der Waals surface area contributed by atoms with Crippen molar-refractivity contribution in [3.63, 3.8) is 0 Å². The van der Waals surface area contributed by atoms with Gasteiger partial charge < -0.3 is 4.90 Å². The maximum atomic E-state index is 13.1. The highest BCUT2D eigenvalue weighted by molar-refractivity contribution is 6.00. The number of rotatable bonds is 3. The number of carbonyl (C=O) groups is 2. The van der Waals surface area contributed by atoms with E-state index in [4.69, 9.17) is 0 Å². The van der Waals surface area contributed by atoms with Crippen LogP contribution in [0.3, 0.4) is 0 Å². The number of carbonyl (C=O) groups excluding carboxylic acids is 2. The van der Waals surface area contributed by atoms with E-state index in [0.717, 1.165) is 51.0 Å². The summed E-state index contributed by atoms with van der Waals surface area (Å²) in [5.74, 6) is 2.59. The van der Waals surface area contributed by atoms with Gasteiger partial charge in [-0.3, -0.25) is 20.4 Å². The molecular formula is C22H30N4O2. The highest BCUT2D eigenvalue weighted by Crippen LogP contribution is 2.60. The van der Waals surface area contributed by atoms with Gasteiger partial charge in [-0.05, 0) is 87.7 Å². The summed E-state index contributed by atoms with van der Waals surface area (Å²) in [6.45, 7) is 1.86. The molecule has 2 N–H and O–H groups in total. The zero-order valence-electron chi connectivity index (χ0n) is 16.5. The van der Waals surface area contributed by atoms with Crippen molar-refractivity contribution in [3.05, 3.63) is 23.9 Å². The van der Waals surface area contributed by atoms with E-state index in [2.05, 4.69) is 20.7 Å². The number of nitrogens with one attached hydrogen (secondary N) is 2. The van der Waals surface area contributed by atoms with Crippen LogP contribution in [0.25, 0.3) is 0 Å². The van der Waals surface area contributed by atoms with Gasteiger partial charge in [-0.1, -0.05) is 0 Å². The minimum atomic E-state index is -0.272. The van der Waals surface area contributed by atoms with Crippen LogP contribution in [0.1, 0.15) is 68.1 Å². The molecular weight excluding hydrogens is 352 g/mol. The van der Waals surface area contributed by atoms with Gasteiger partial charge in [0.25, 0.3) is 5.91 Å². The van der Waals surface area contributed by atoms with E-state index in [1.54, 1.807) is 18.3 Å². The maximum absolute atomic E-state index is 13.1. The second-order valence-electron chi connectivity index (χ2n) is 9.53. The number of amides is 2. The Bertz CT molecular complexity index is 736. The topological polar surface area (TPSA) is 74.3 Å². The van der Waals surface area contributed by atoms with Crippen LogP contribution < -0.4 is 15.8 Å².